The quantitative estimate of drug-likeness (QED) is 0.133. The van der Waals surface area contributed by atoms with Crippen molar-refractivity contribution in [3.05, 3.63) is 130 Å². The predicted molar refractivity (Wildman–Crippen MR) is 161 cm³/mol. The number of carbonyl (C=O) groups excluding carboxylic acids is 3. The highest BCUT2D eigenvalue weighted by molar-refractivity contribution is 9.10. The molecule has 0 aliphatic heterocycles. The summed E-state index contributed by atoms with van der Waals surface area (Å²) in [7, 11) is 0. The van der Waals surface area contributed by atoms with E-state index in [1.54, 1.807) is 73.7 Å². The molecule has 3 amide bonds. The van der Waals surface area contributed by atoms with Gasteiger partial charge in [-0.05, 0) is 73.7 Å². The zero-order valence-electron chi connectivity index (χ0n) is 21.7. The lowest BCUT2D eigenvalue weighted by Gasteiger charge is -2.14. The van der Waals surface area contributed by atoms with E-state index >= 15 is 0 Å². The Morgan fingerprint density at radius 3 is 2.20 bits per heavy atom. The first-order valence-corrected chi connectivity index (χ1v) is 14.0. The zero-order valence-corrected chi connectivity index (χ0v) is 24.1. The molecule has 0 fully saturated rings. The third kappa shape index (κ3) is 8.36. The van der Waals surface area contributed by atoms with Crippen molar-refractivity contribution >= 4 is 62.9 Å². The van der Waals surface area contributed by atoms with Crippen LogP contribution >= 0.6 is 27.7 Å². The van der Waals surface area contributed by atoms with E-state index in [2.05, 4.69) is 31.9 Å². The predicted octanol–water partition coefficient (Wildman–Crippen LogP) is 7.26. The van der Waals surface area contributed by atoms with E-state index in [0.717, 1.165) is 4.90 Å². The Morgan fingerprint density at radius 1 is 0.829 bits per heavy atom. The van der Waals surface area contributed by atoms with Crippen LogP contribution in [-0.4, -0.2) is 23.0 Å². The van der Waals surface area contributed by atoms with Gasteiger partial charge < -0.3 is 16.0 Å². The molecule has 10 heteroatoms. The van der Waals surface area contributed by atoms with E-state index in [9.17, 15) is 23.2 Å². The molecule has 4 aromatic rings. The Morgan fingerprint density at radius 2 is 1.51 bits per heavy atom. The maximum atomic E-state index is 14.3. The minimum absolute atomic E-state index is 0.0855. The van der Waals surface area contributed by atoms with Gasteiger partial charge >= 0.3 is 0 Å². The van der Waals surface area contributed by atoms with Gasteiger partial charge in [0.1, 0.15) is 17.3 Å². The molecular formula is C31H24BrF2N3O3S. The van der Waals surface area contributed by atoms with E-state index in [-0.39, 0.29) is 22.9 Å². The topological polar surface area (TPSA) is 87.3 Å². The van der Waals surface area contributed by atoms with Crippen LogP contribution in [0.15, 0.2) is 112 Å². The minimum atomic E-state index is -0.651. The van der Waals surface area contributed by atoms with Gasteiger partial charge in [0, 0.05) is 26.2 Å². The van der Waals surface area contributed by atoms with Crippen molar-refractivity contribution in [2.45, 2.75) is 17.1 Å². The lowest BCUT2D eigenvalue weighted by molar-refractivity contribution is -0.115. The molecule has 0 saturated carbocycles. The summed E-state index contributed by atoms with van der Waals surface area (Å²) in [5.41, 5.74) is 0.826. The molecule has 0 radical (unpaired) electrons. The van der Waals surface area contributed by atoms with Gasteiger partial charge in [0.2, 0.25) is 5.91 Å². The molecule has 0 aliphatic carbocycles. The first-order chi connectivity index (χ1) is 19.7. The maximum absolute atomic E-state index is 14.3. The van der Waals surface area contributed by atoms with E-state index < -0.39 is 28.7 Å². The van der Waals surface area contributed by atoms with Gasteiger partial charge in [0.15, 0.2) is 0 Å². The molecule has 0 heterocycles. The van der Waals surface area contributed by atoms with Crippen molar-refractivity contribution in [3.8, 4) is 0 Å². The third-order valence-electron chi connectivity index (χ3n) is 5.72. The van der Waals surface area contributed by atoms with E-state index in [0.29, 0.717) is 15.7 Å². The molecule has 0 aliphatic rings. The van der Waals surface area contributed by atoms with Gasteiger partial charge in [-0.15, -0.1) is 11.8 Å². The van der Waals surface area contributed by atoms with Crippen LogP contribution < -0.4 is 16.0 Å². The number of carbonyl (C=O) groups is 3. The van der Waals surface area contributed by atoms with Crippen molar-refractivity contribution in [1.29, 1.82) is 0 Å². The molecule has 4 aromatic carbocycles. The first-order valence-electron chi connectivity index (χ1n) is 12.4. The summed E-state index contributed by atoms with van der Waals surface area (Å²) in [6.45, 7) is 1.70. The van der Waals surface area contributed by atoms with Crippen molar-refractivity contribution in [3.63, 3.8) is 0 Å². The third-order valence-corrected chi connectivity index (χ3v) is 7.32. The number of amides is 3. The van der Waals surface area contributed by atoms with Crippen LogP contribution in [-0.2, 0) is 9.59 Å². The molecule has 41 heavy (non-hydrogen) atoms. The maximum Gasteiger partial charge on any atom is 0.272 e. The summed E-state index contributed by atoms with van der Waals surface area (Å²) in [5, 5.41) is 7.32. The van der Waals surface area contributed by atoms with E-state index in [4.69, 9.17) is 0 Å². The fourth-order valence-electron chi connectivity index (χ4n) is 3.59. The molecular weight excluding hydrogens is 612 g/mol. The van der Waals surface area contributed by atoms with Gasteiger partial charge in [-0.3, -0.25) is 14.4 Å². The monoisotopic (exact) mass is 635 g/mol. The summed E-state index contributed by atoms with van der Waals surface area (Å²) in [6, 6.07) is 25.3. The summed E-state index contributed by atoms with van der Waals surface area (Å²) >= 11 is 4.44. The lowest BCUT2D eigenvalue weighted by Crippen LogP contribution is -2.30. The largest absolute Gasteiger partial charge is 0.323 e. The molecule has 3 N–H and O–H groups in total. The fourth-order valence-corrected chi connectivity index (χ4v) is 4.79. The summed E-state index contributed by atoms with van der Waals surface area (Å²) < 4.78 is 29.0. The highest BCUT2D eigenvalue weighted by Crippen LogP contribution is 2.27. The molecule has 208 valence electrons. The number of rotatable bonds is 9. The van der Waals surface area contributed by atoms with Crippen LogP contribution in [0.1, 0.15) is 22.8 Å². The lowest BCUT2D eigenvalue weighted by atomic mass is 10.1. The zero-order chi connectivity index (χ0) is 29.4. The molecule has 6 nitrogen and oxygen atoms in total. The van der Waals surface area contributed by atoms with Crippen LogP contribution in [0.3, 0.4) is 0 Å². The number of thioether (sulfide) groups is 1. The second-order valence-electron chi connectivity index (χ2n) is 8.75. The molecule has 0 aromatic heterocycles. The summed E-state index contributed by atoms with van der Waals surface area (Å²) in [5.74, 6) is -2.64. The van der Waals surface area contributed by atoms with Crippen LogP contribution in [0.5, 0.6) is 0 Å². The van der Waals surface area contributed by atoms with Crippen molar-refractivity contribution in [1.82, 2.24) is 5.32 Å². The Balaban J connectivity index is 1.43. The Bertz CT molecular complexity index is 1600. The molecule has 0 saturated heterocycles. The van der Waals surface area contributed by atoms with Crippen molar-refractivity contribution in [2.24, 2.45) is 0 Å². The number of anilines is 2. The molecule has 1 unspecified atom stereocenters. The summed E-state index contributed by atoms with van der Waals surface area (Å²) in [6.07, 6.45) is 1.27. The van der Waals surface area contributed by atoms with Crippen LogP contribution in [0, 0.1) is 11.6 Å². The Hall–Kier alpha value is -4.28. The minimum Gasteiger partial charge on any atom is -0.323 e. The van der Waals surface area contributed by atoms with Crippen LogP contribution in [0.25, 0.3) is 6.08 Å². The highest BCUT2D eigenvalue weighted by atomic mass is 79.9. The normalized spacial score (nSPS) is 11.9. The average Bonchev–Trinajstić information content (AvgIpc) is 2.96. The SMILES string of the molecule is CC(Sc1ccc(NC(=O)/C(=C/c2ccccc2F)NC(=O)c2ccccc2)cc1)C(=O)Nc1ccc(Br)cc1F. The van der Waals surface area contributed by atoms with E-state index in [1.807, 2.05) is 0 Å². The second-order valence-corrected chi connectivity index (χ2v) is 11.1. The van der Waals surface area contributed by atoms with Gasteiger partial charge in [-0.2, -0.15) is 0 Å². The molecule has 0 spiro atoms. The van der Waals surface area contributed by atoms with Crippen LogP contribution in [0.2, 0.25) is 0 Å². The number of benzene rings is 4. The Kier molecular flexibility index (Phi) is 10.0. The second kappa shape index (κ2) is 13.9. The number of hydrogen-bond donors (Lipinski definition) is 3. The van der Waals surface area contributed by atoms with Gasteiger partial charge in [0.05, 0.1) is 10.9 Å². The molecule has 0 bridgehead atoms. The smallest absolute Gasteiger partial charge is 0.272 e. The van der Waals surface area contributed by atoms with E-state index in [1.165, 1.54) is 48.2 Å². The first kappa shape index (κ1) is 29.7. The fraction of sp³-hybridized carbons (Fsp3) is 0.0645. The number of nitrogens with one attached hydrogen (secondary N) is 3. The summed E-state index contributed by atoms with van der Waals surface area (Å²) in [4.78, 5) is 39.2. The molecule has 1 atom stereocenters. The highest BCUT2D eigenvalue weighted by Gasteiger charge is 2.18. The number of halogens is 3. The van der Waals surface area contributed by atoms with Crippen LogP contribution in [0.4, 0.5) is 20.2 Å². The molecule has 4 rings (SSSR count). The standard InChI is InChI=1S/C31H24BrF2N3O3S/c1-19(29(38)36-27-16-11-22(32)18-26(27)34)41-24-14-12-23(13-15-24)35-31(40)28(17-21-9-5-6-10-25(21)33)37-30(39)20-7-3-2-4-8-20/h2-19H,1H3,(H,35,40)(H,36,38)(H,37,39)/b28-17-. The van der Waals surface area contributed by atoms with Gasteiger partial charge in [0.25, 0.3) is 11.8 Å². The number of hydrogen-bond acceptors (Lipinski definition) is 4. The van der Waals surface area contributed by atoms with Gasteiger partial charge in [-0.25, -0.2) is 8.78 Å². The van der Waals surface area contributed by atoms with Crippen molar-refractivity contribution < 1.29 is 23.2 Å². The van der Waals surface area contributed by atoms with Crippen molar-refractivity contribution in [2.75, 3.05) is 10.6 Å². The average molecular weight is 637 g/mol. The Labute approximate surface area is 248 Å². The van der Waals surface area contributed by atoms with Gasteiger partial charge in [-0.1, -0.05) is 52.3 Å².